The predicted molar refractivity (Wildman–Crippen MR) is 72.4 cm³/mol. The molecule has 0 saturated carbocycles. The van der Waals surface area contributed by atoms with Crippen molar-refractivity contribution in [1.82, 2.24) is 4.98 Å². The lowest BCUT2D eigenvalue weighted by Gasteiger charge is -2.15. The summed E-state index contributed by atoms with van der Waals surface area (Å²) in [7, 11) is 0. The van der Waals surface area contributed by atoms with Gasteiger partial charge in [0.25, 0.3) is 0 Å². The van der Waals surface area contributed by atoms with E-state index in [2.05, 4.69) is 10.3 Å². The maximum Gasteiger partial charge on any atom is 0.417 e. The van der Waals surface area contributed by atoms with E-state index in [-0.39, 0.29) is 11.9 Å². The van der Waals surface area contributed by atoms with Gasteiger partial charge in [0.1, 0.15) is 11.6 Å². The van der Waals surface area contributed by atoms with Crippen molar-refractivity contribution in [3.05, 3.63) is 59.5 Å². The van der Waals surface area contributed by atoms with E-state index < -0.39 is 11.7 Å². The number of benzene rings is 1. The van der Waals surface area contributed by atoms with Crippen LogP contribution in [0.25, 0.3) is 0 Å². The normalized spacial score (nSPS) is 13.0. The van der Waals surface area contributed by atoms with Crippen molar-refractivity contribution in [2.45, 2.75) is 25.6 Å². The van der Waals surface area contributed by atoms with Gasteiger partial charge in [0.05, 0.1) is 5.56 Å². The van der Waals surface area contributed by atoms with Crippen molar-refractivity contribution < 1.29 is 17.6 Å². The molecule has 0 bridgehead atoms. The zero-order valence-corrected chi connectivity index (χ0v) is 11.3. The molecule has 0 aliphatic carbocycles. The fourth-order valence-corrected chi connectivity index (χ4v) is 1.92. The molecule has 0 amide bonds. The zero-order chi connectivity index (χ0) is 15.5. The third-order valence-electron chi connectivity index (χ3n) is 2.94. The molecule has 2 aromatic rings. The van der Waals surface area contributed by atoms with Crippen LogP contribution in [-0.4, -0.2) is 11.0 Å². The molecule has 0 aliphatic heterocycles. The minimum atomic E-state index is -4.38. The lowest BCUT2D eigenvalue weighted by Crippen LogP contribution is -2.19. The number of aromatic nitrogens is 1. The summed E-state index contributed by atoms with van der Waals surface area (Å²) >= 11 is 0. The highest BCUT2D eigenvalue weighted by molar-refractivity contribution is 5.37. The minimum absolute atomic E-state index is 0.0419. The summed E-state index contributed by atoms with van der Waals surface area (Å²) in [4.78, 5) is 3.75. The number of hydrogen-bond donors (Lipinski definition) is 1. The Morgan fingerprint density at radius 2 is 1.76 bits per heavy atom. The van der Waals surface area contributed by atoms with Gasteiger partial charge in [0.15, 0.2) is 0 Å². The summed E-state index contributed by atoms with van der Waals surface area (Å²) in [6.07, 6.45) is -2.97. The standard InChI is InChI=1S/C15H14F4N2/c1-10(8-11-2-5-13(16)6-3-11)21-14-7-4-12(9-20-14)15(17,18)19/h2-7,9-10H,8H2,1H3,(H,20,21). The number of nitrogens with zero attached hydrogens (tertiary/aromatic N) is 1. The second-order valence-corrected chi connectivity index (χ2v) is 4.81. The number of nitrogens with one attached hydrogen (secondary N) is 1. The molecule has 112 valence electrons. The molecule has 0 radical (unpaired) electrons. The number of pyridine rings is 1. The van der Waals surface area contributed by atoms with Crippen molar-refractivity contribution in [3.63, 3.8) is 0 Å². The van der Waals surface area contributed by atoms with E-state index >= 15 is 0 Å². The first kappa shape index (κ1) is 15.3. The van der Waals surface area contributed by atoms with Crippen molar-refractivity contribution in [2.24, 2.45) is 0 Å². The SMILES string of the molecule is CC(Cc1ccc(F)cc1)Nc1ccc(C(F)(F)F)cn1. The van der Waals surface area contributed by atoms with Gasteiger partial charge in [0.2, 0.25) is 0 Å². The Morgan fingerprint density at radius 3 is 2.29 bits per heavy atom. The van der Waals surface area contributed by atoms with Gasteiger partial charge in [-0.15, -0.1) is 0 Å². The largest absolute Gasteiger partial charge is 0.417 e. The van der Waals surface area contributed by atoms with E-state index in [1.165, 1.54) is 18.2 Å². The lowest BCUT2D eigenvalue weighted by atomic mass is 10.1. The highest BCUT2D eigenvalue weighted by Gasteiger charge is 2.30. The molecule has 1 heterocycles. The second kappa shape index (κ2) is 6.11. The minimum Gasteiger partial charge on any atom is -0.367 e. The molecule has 1 atom stereocenters. The molecule has 0 aliphatic rings. The average Bonchev–Trinajstić information content (AvgIpc) is 2.41. The molecule has 1 unspecified atom stereocenters. The molecule has 0 spiro atoms. The average molecular weight is 298 g/mol. The van der Waals surface area contributed by atoms with Gasteiger partial charge in [-0.3, -0.25) is 0 Å². The van der Waals surface area contributed by atoms with Crippen molar-refractivity contribution in [3.8, 4) is 0 Å². The first-order chi connectivity index (χ1) is 9.84. The van der Waals surface area contributed by atoms with Gasteiger partial charge in [-0.2, -0.15) is 13.2 Å². The highest BCUT2D eigenvalue weighted by Crippen LogP contribution is 2.28. The summed E-state index contributed by atoms with van der Waals surface area (Å²) in [6, 6.07) is 8.34. The van der Waals surface area contributed by atoms with Crippen LogP contribution in [0, 0.1) is 5.82 Å². The van der Waals surface area contributed by atoms with Gasteiger partial charge in [-0.05, 0) is 43.2 Å². The van der Waals surface area contributed by atoms with Crippen molar-refractivity contribution in [1.29, 1.82) is 0 Å². The molecular weight excluding hydrogens is 284 g/mol. The third-order valence-corrected chi connectivity index (χ3v) is 2.94. The highest BCUT2D eigenvalue weighted by atomic mass is 19.4. The van der Waals surface area contributed by atoms with Crippen LogP contribution in [0.5, 0.6) is 0 Å². The van der Waals surface area contributed by atoms with Crippen LogP contribution in [0.3, 0.4) is 0 Å². The second-order valence-electron chi connectivity index (χ2n) is 4.81. The van der Waals surface area contributed by atoms with Gasteiger partial charge >= 0.3 is 6.18 Å². The number of hydrogen-bond acceptors (Lipinski definition) is 2. The summed E-state index contributed by atoms with van der Waals surface area (Å²) < 4.78 is 50.0. The Morgan fingerprint density at radius 1 is 1.10 bits per heavy atom. The molecule has 0 fully saturated rings. The van der Waals surface area contributed by atoms with E-state index in [9.17, 15) is 17.6 Å². The van der Waals surface area contributed by atoms with Crippen LogP contribution in [0.4, 0.5) is 23.4 Å². The fourth-order valence-electron chi connectivity index (χ4n) is 1.92. The van der Waals surface area contributed by atoms with Crippen LogP contribution < -0.4 is 5.32 Å². The predicted octanol–water partition coefficient (Wildman–Crippen LogP) is 4.28. The number of anilines is 1. The van der Waals surface area contributed by atoms with E-state index in [1.54, 1.807) is 12.1 Å². The van der Waals surface area contributed by atoms with Crippen LogP contribution in [0.15, 0.2) is 42.6 Å². The van der Waals surface area contributed by atoms with Gasteiger partial charge in [-0.1, -0.05) is 12.1 Å². The quantitative estimate of drug-likeness (QED) is 0.852. The monoisotopic (exact) mass is 298 g/mol. The molecule has 1 aromatic heterocycles. The van der Waals surface area contributed by atoms with Crippen LogP contribution in [0.1, 0.15) is 18.1 Å². The maximum atomic E-state index is 12.8. The Hall–Kier alpha value is -2.11. The molecule has 21 heavy (non-hydrogen) atoms. The Bertz CT molecular complexity index is 576. The van der Waals surface area contributed by atoms with Crippen LogP contribution in [0.2, 0.25) is 0 Å². The third kappa shape index (κ3) is 4.44. The zero-order valence-electron chi connectivity index (χ0n) is 11.3. The van der Waals surface area contributed by atoms with Gasteiger partial charge < -0.3 is 5.32 Å². The topological polar surface area (TPSA) is 24.9 Å². The summed E-state index contributed by atoms with van der Waals surface area (Å²) in [5, 5.41) is 3.01. The summed E-state index contributed by atoms with van der Waals surface area (Å²) in [5.41, 5.74) is 0.155. The number of halogens is 4. The number of rotatable bonds is 4. The van der Waals surface area contributed by atoms with Crippen molar-refractivity contribution in [2.75, 3.05) is 5.32 Å². The van der Waals surface area contributed by atoms with Gasteiger partial charge in [0, 0.05) is 12.2 Å². The molecule has 1 N–H and O–H groups in total. The smallest absolute Gasteiger partial charge is 0.367 e. The molecule has 6 heteroatoms. The first-order valence-electron chi connectivity index (χ1n) is 6.39. The summed E-state index contributed by atoms with van der Waals surface area (Å²) in [6.45, 7) is 1.88. The van der Waals surface area contributed by atoms with E-state index in [0.29, 0.717) is 12.2 Å². The van der Waals surface area contributed by atoms with Crippen LogP contribution >= 0.6 is 0 Å². The molecule has 0 saturated heterocycles. The molecule has 2 rings (SSSR count). The van der Waals surface area contributed by atoms with Gasteiger partial charge in [-0.25, -0.2) is 9.37 Å². The Kier molecular flexibility index (Phi) is 4.45. The van der Waals surface area contributed by atoms with Crippen LogP contribution in [-0.2, 0) is 12.6 Å². The van der Waals surface area contributed by atoms with E-state index in [1.807, 2.05) is 6.92 Å². The molecule has 2 nitrogen and oxygen atoms in total. The van der Waals surface area contributed by atoms with E-state index in [0.717, 1.165) is 17.8 Å². The summed E-state index contributed by atoms with van der Waals surface area (Å²) in [5.74, 6) is 0.0707. The maximum absolute atomic E-state index is 12.8. The molecule has 1 aromatic carbocycles. The van der Waals surface area contributed by atoms with E-state index in [4.69, 9.17) is 0 Å². The Labute approximate surface area is 119 Å². The lowest BCUT2D eigenvalue weighted by molar-refractivity contribution is -0.137. The Balaban J connectivity index is 1.96. The number of alkyl halides is 3. The fraction of sp³-hybridized carbons (Fsp3) is 0.267. The van der Waals surface area contributed by atoms with Crippen molar-refractivity contribution >= 4 is 5.82 Å². The molecular formula is C15H14F4N2. The first-order valence-corrected chi connectivity index (χ1v) is 6.39.